The molecule has 0 aromatic carbocycles. The van der Waals surface area contributed by atoms with Crippen molar-refractivity contribution in [3.05, 3.63) is 49.9 Å². The molecule has 0 unspecified atom stereocenters. The van der Waals surface area contributed by atoms with E-state index in [4.69, 9.17) is 0 Å². The summed E-state index contributed by atoms with van der Waals surface area (Å²) >= 11 is 0. The predicted octanol–water partition coefficient (Wildman–Crippen LogP) is 1.98. The fourth-order valence-electron chi connectivity index (χ4n) is 0.308. The quantitative estimate of drug-likeness (QED) is 0.561. The molecule has 48 valence electrons. The van der Waals surface area contributed by atoms with Gasteiger partial charge in [0.25, 0.3) is 0 Å². The monoisotopic (exact) mass is 121 g/mol. The number of allylic oxidation sites excluding steroid dienone is 2. The van der Waals surface area contributed by atoms with Gasteiger partial charge in [-0.3, -0.25) is 0 Å². The first-order chi connectivity index (χ1) is 4.20. The van der Waals surface area contributed by atoms with E-state index in [0.29, 0.717) is 0 Å². The topological polar surface area (TPSA) is 12.0 Å². The summed E-state index contributed by atoms with van der Waals surface area (Å²) in [6.45, 7) is 14.3. The van der Waals surface area contributed by atoms with Gasteiger partial charge in [-0.1, -0.05) is 26.3 Å². The Morgan fingerprint density at radius 1 is 1.00 bits per heavy atom. The molecule has 0 aromatic rings. The minimum absolute atomic E-state index is 0.736. The number of hydrogen-bond donors (Lipinski definition) is 1. The van der Waals surface area contributed by atoms with Crippen LogP contribution in [0, 0.1) is 0 Å². The van der Waals surface area contributed by atoms with Crippen LogP contribution in [0.25, 0.3) is 0 Å². The van der Waals surface area contributed by atoms with Gasteiger partial charge >= 0.3 is 0 Å². The van der Waals surface area contributed by atoms with Crippen LogP contribution in [0.5, 0.6) is 0 Å². The normalized spacial score (nSPS) is 7.56. The van der Waals surface area contributed by atoms with Crippen molar-refractivity contribution < 1.29 is 0 Å². The van der Waals surface area contributed by atoms with Crippen LogP contribution in [0.15, 0.2) is 49.9 Å². The van der Waals surface area contributed by atoms with Gasteiger partial charge in [0, 0.05) is 11.4 Å². The Bertz CT molecular complexity index is 136. The Kier molecular flexibility index (Phi) is 3.21. The molecule has 0 radical (unpaired) electrons. The van der Waals surface area contributed by atoms with Crippen LogP contribution in [-0.4, -0.2) is 0 Å². The summed E-state index contributed by atoms with van der Waals surface area (Å²) in [6, 6.07) is 0. The molecule has 1 N–H and O–H groups in total. The van der Waals surface area contributed by atoms with Gasteiger partial charge in [0.1, 0.15) is 0 Å². The van der Waals surface area contributed by atoms with Crippen LogP contribution >= 0.6 is 0 Å². The molecule has 0 heterocycles. The first-order valence-electron chi connectivity index (χ1n) is 2.60. The number of rotatable bonds is 4. The summed E-state index contributed by atoms with van der Waals surface area (Å²) in [5.41, 5.74) is 1.47. The van der Waals surface area contributed by atoms with Gasteiger partial charge in [0.2, 0.25) is 0 Å². The molecule has 0 spiro atoms. The summed E-state index contributed by atoms with van der Waals surface area (Å²) in [4.78, 5) is 0. The molecule has 0 bridgehead atoms. The van der Waals surface area contributed by atoms with Gasteiger partial charge in [-0.25, -0.2) is 0 Å². The maximum absolute atomic E-state index is 3.62. The zero-order valence-corrected chi connectivity index (χ0v) is 5.48. The molecule has 0 saturated heterocycles. The minimum Gasteiger partial charge on any atom is -0.357 e. The molecule has 0 rings (SSSR count). The summed E-state index contributed by atoms with van der Waals surface area (Å²) in [6.07, 6.45) is 3.24. The van der Waals surface area contributed by atoms with Gasteiger partial charge in [-0.15, -0.1) is 0 Å². The van der Waals surface area contributed by atoms with Crippen molar-refractivity contribution in [2.24, 2.45) is 0 Å². The summed E-state index contributed by atoms with van der Waals surface area (Å²) in [7, 11) is 0. The second-order valence-corrected chi connectivity index (χ2v) is 1.58. The molecule has 1 nitrogen and oxygen atoms in total. The zero-order chi connectivity index (χ0) is 7.28. The minimum atomic E-state index is 0.736. The Hall–Kier alpha value is -1.24. The highest BCUT2D eigenvalue weighted by Crippen LogP contribution is 1.90. The van der Waals surface area contributed by atoms with Crippen molar-refractivity contribution in [2.45, 2.75) is 0 Å². The highest BCUT2D eigenvalue weighted by Gasteiger charge is 1.83. The fourth-order valence-corrected chi connectivity index (χ4v) is 0.308. The fraction of sp³-hybridized carbons (Fsp3) is 0. The summed E-state index contributed by atoms with van der Waals surface area (Å²) in [5.74, 6) is 0. The third-order valence-corrected chi connectivity index (χ3v) is 0.814. The Balaban J connectivity index is 3.73. The standard InChI is InChI=1S/C8H11N/c1-5-7(3)9-8(4)6-2/h5-6,9H,1-4H2. The highest BCUT2D eigenvalue weighted by atomic mass is 14.9. The SMILES string of the molecule is C=CC(=C)NC(=C)C=C. The molecule has 0 amide bonds. The van der Waals surface area contributed by atoms with Crippen LogP contribution in [0.3, 0.4) is 0 Å². The molecular weight excluding hydrogens is 110 g/mol. The van der Waals surface area contributed by atoms with Gasteiger partial charge in [0.15, 0.2) is 0 Å². The largest absolute Gasteiger partial charge is 0.357 e. The maximum atomic E-state index is 3.62. The van der Waals surface area contributed by atoms with Crippen molar-refractivity contribution in [2.75, 3.05) is 0 Å². The zero-order valence-electron chi connectivity index (χ0n) is 5.48. The van der Waals surface area contributed by atoms with Crippen molar-refractivity contribution in [1.82, 2.24) is 5.32 Å². The third kappa shape index (κ3) is 3.35. The Morgan fingerprint density at radius 3 is 1.56 bits per heavy atom. The van der Waals surface area contributed by atoms with Crippen molar-refractivity contribution in [1.29, 1.82) is 0 Å². The van der Waals surface area contributed by atoms with E-state index in [0.717, 1.165) is 11.4 Å². The van der Waals surface area contributed by atoms with Crippen LogP contribution < -0.4 is 5.32 Å². The predicted molar refractivity (Wildman–Crippen MR) is 41.8 cm³/mol. The van der Waals surface area contributed by atoms with Gasteiger partial charge in [0.05, 0.1) is 0 Å². The second kappa shape index (κ2) is 3.72. The van der Waals surface area contributed by atoms with E-state index in [1.54, 1.807) is 12.2 Å². The highest BCUT2D eigenvalue weighted by molar-refractivity contribution is 5.20. The van der Waals surface area contributed by atoms with Crippen molar-refractivity contribution in [3.63, 3.8) is 0 Å². The lowest BCUT2D eigenvalue weighted by Gasteiger charge is -2.02. The lowest BCUT2D eigenvalue weighted by atomic mass is 10.4. The third-order valence-electron chi connectivity index (χ3n) is 0.814. The van der Waals surface area contributed by atoms with E-state index in [-0.39, 0.29) is 0 Å². The van der Waals surface area contributed by atoms with E-state index in [2.05, 4.69) is 31.6 Å². The van der Waals surface area contributed by atoms with E-state index >= 15 is 0 Å². The molecule has 9 heavy (non-hydrogen) atoms. The molecule has 1 heteroatoms. The molecule has 0 atom stereocenters. The lowest BCUT2D eigenvalue weighted by molar-refractivity contribution is 1.06. The molecule has 0 saturated carbocycles. The van der Waals surface area contributed by atoms with Gasteiger partial charge < -0.3 is 5.32 Å². The average molecular weight is 121 g/mol. The van der Waals surface area contributed by atoms with Crippen LogP contribution in [-0.2, 0) is 0 Å². The molecular formula is C8H11N. The molecule has 0 aliphatic carbocycles. The van der Waals surface area contributed by atoms with Crippen LogP contribution in [0.1, 0.15) is 0 Å². The van der Waals surface area contributed by atoms with Crippen LogP contribution in [0.4, 0.5) is 0 Å². The number of hydrogen-bond acceptors (Lipinski definition) is 1. The van der Waals surface area contributed by atoms with Crippen molar-refractivity contribution >= 4 is 0 Å². The smallest absolute Gasteiger partial charge is 0.0305 e. The summed E-state index contributed by atoms with van der Waals surface area (Å²) in [5, 5.41) is 2.85. The second-order valence-electron chi connectivity index (χ2n) is 1.58. The summed E-state index contributed by atoms with van der Waals surface area (Å²) < 4.78 is 0. The first-order valence-corrected chi connectivity index (χ1v) is 2.60. The Labute approximate surface area is 56.1 Å². The maximum Gasteiger partial charge on any atom is 0.0305 e. The lowest BCUT2D eigenvalue weighted by Crippen LogP contribution is -2.06. The van der Waals surface area contributed by atoms with Crippen LogP contribution in [0.2, 0.25) is 0 Å². The van der Waals surface area contributed by atoms with Gasteiger partial charge in [-0.05, 0) is 12.2 Å². The number of nitrogens with one attached hydrogen (secondary N) is 1. The van der Waals surface area contributed by atoms with Crippen molar-refractivity contribution in [3.8, 4) is 0 Å². The van der Waals surface area contributed by atoms with E-state index in [9.17, 15) is 0 Å². The first kappa shape index (κ1) is 7.76. The Morgan fingerprint density at radius 2 is 1.33 bits per heavy atom. The molecule has 0 aliphatic rings. The van der Waals surface area contributed by atoms with E-state index < -0.39 is 0 Å². The molecule has 0 aliphatic heterocycles. The molecule has 0 fully saturated rings. The average Bonchev–Trinajstić information content (AvgIpc) is 1.87. The molecule has 0 aromatic heterocycles. The van der Waals surface area contributed by atoms with E-state index in [1.165, 1.54) is 0 Å². The van der Waals surface area contributed by atoms with Gasteiger partial charge in [-0.2, -0.15) is 0 Å². The van der Waals surface area contributed by atoms with E-state index in [1.807, 2.05) is 0 Å².